The Bertz CT molecular complexity index is 717. The van der Waals surface area contributed by atoms with Crippen molar-refractivity contribution in [2.75, 3.05) is 10.5 Å². The molecule has 2 aromatic rings. The van der Waals surface area contributed by atoms with Crippen LogP contribution in [0.2, 0.25) is 0 Å². The van der Waals surface area contributed by atoms with Crippen LogP contribution in [0.3, 0.4) is 0 Å². The van der Waals surface area contributed by atoms with E-state index in [4.69, 9.17) is 5.73 Å². The molecule has 0 aromatic heterocycles. The van der Waals surface area contributed by atoms with Gasteiger partial charge in [0.1, 0.15) is 11.6 Å². The first kappa shape index (κ1) is 13.3. The van der Waals surface area contributed by atoms with E-state index in [0.29, 0.717) is 6.07 Å². The second-order valence-corrected chi connectivity index (χ2v) is 5.48. The van der Waals surface area contributed by atoms with Gasteiger partial charge in [-0.1, -0.05) is 6.07 Å². The summed E-state index contributed by atoms with van der Waals surface area (Å²) in [6.45, 7) is 0. The lowest BCUT2D eigenvalue weighted by Crippen LogP contribution is -2.14. The summed E-state index contributed by atoms with van der Waals surface area (Å²) >= 11 is 0. The molecule has 0 radical (unpaired) electrons. The molecule has 3 N–H and O–H groups in total. The normalized spacial score (nSPS) is 11.3. The summed E-state index contributed by atoms with van der Waals surface area (Å²) in [7, 11) is -3.96. The lowest BCUT2D eigenvalue weighted by Gasteiger charge is -2.09. The minimum Gasteiger partial charge on any atom is -0.399 e. The van der Waals surface area contributed by atoms with Gasteiger partial charge in [0.25, 0.3) is 10.0 Å². The molecule has 0 aliphatic heterocycles. The summed E-state index contributed by atoms with van der Waals surface area (Å²) in [5.41, 5.74) is 5.42. The first-order chi connectivity index (χ1) is 8.88. The molecule has 2 rings (SSSR count). The molecule has 4 nitrogen and oxygen atoms in total. The van der Waals surface area contributed by atoms with Crippen molar-refractivity contribution < 1.29 is 17.2 Å². The largest absolute Gasteiger partial charge is 0.399 e. The Morgan fingerprint density at radius 1 is 1.05 bits per heavy atom. The van der Waals surface area contributed by atoms with E-state index in [0.717, 1.165) is 12.1 Å². The fourth-order valence-electron chi connectivity index (χ4n) is 1.46. The van der Waals surface area contributed by atoms with Crippen LogP contribution in [0.1, 0.15) is 0 Å². The van der Waals surface area contributed by atoms with Gasteiger partial charge in [-0.3, -0.25) is 4.72 Å². The average molecular weight is 284 g/mol. The second kappa shape index (κ2) is 4.85. The number of nitrogen functional groups attached to an aromatic ring is 1. The van der Waals surface area contributed by atoms with Crippen LogP contribution in [-0.4, -0.2) is 8.42 Å². The summed E-state index contributed by atoms with van der Waals surface area (Å²) in [4.78, 5) is -0.101. The van der Waals surface area contributed by atoms with Crippen LogP contribution < -0.4 is 10.5 Å². The number of halogens is 2. The summed E-state index contributed by atoms with van der Waals surface area (Å²) < 4.78 is 52.1. The van der Waals surface area contributed by atoms with Crippen LogP contribution in [0.25, 0.3) is 0 Å². The summed E-state index contributed by atoms with van der Waals surface area (Å²) in [5.74, 6) is -1.78. The van der Waals surface area contributed by atoms with Crippen LogP contribution in [0.4, 0.5) is 20.2 Å². The van der Waals surface area contributed by atoms with Crippen molar-refractivity contribution in [1.29, 1.82) is 0 Å². The zero-order valence-electron chi connectivity index (χ0n) is 9.60. The van der Waals surface area contributed by atoms with Gasteiger partial charge in [0, 0.05) is 11.8 Å². The monoisotopic (exact) mass is 284 g/mol. The summed E-state index contributed by atoms with van der Waals surface area (Å²) in [6.07, 6.45) is 0. The molecule has 19 heavy (non-hydrogen) atoms. The first-order valence-electron chi connectivity index (χ1n) is 5.22. The van der Waals surface area contributed by atoms with Crippen molar-refractivity contribution in [1.82, 2.24) is 0 Å². The SMILES string of the molecule is Nc1cccc(S(=O)(=O)Nc2ccc(F)cc2F)c1. The molecule has 0 amide bonds. The van der Waals surface area contributed by atoms with E-state index in [1.807, 2.05) is 4.72 Å². The van der Waals surface area contributed by atoms with Crippen molar-refractivity contribution in [3.8, 4) is 0 Å². The zero-order chi connectivity index (χ0) is 14.0. The Kier molecular flexibility index (Phi) is 3.39. The summed E-state index contributed by atoms with van der Waals surface area (Å²) in [6, 6.07) is 8.11. The fourth-order valence-corrected chi connectivity index (χ4v) is 2.58. The third-order valence-electron chi connectivity index (χ3n) is 2.34. The third-order valence-corrected chi connectivity index (χ3v) is 3.71. The standard InChI is InChI=1S/C12H10F2N2O2S/c13-8-4-5-12(11(14)6-8)16-19(17,18)10-3-1-2-9(15)7-10/h1-7,16H,15H2. The van der Waals surface area contributed by atoms with Crippen LogP contribution in [0, 0.1) is 11.6 Å². The quantitative estimate of drug-likeness (QED) is 0.850. The van der Waals surface area contributed by atoms with Gasteiger partial charge in [0.15, 0.2) is 0 Å². The van der Waals surface area contributed by atoms with Gasteiger partial charge in [0.05, 0.1) is 10.6 Å². The number of nitrogens with two attached hydrogens (primary N) is 1. The Morgan fingerprint density at radius 3 is 2.42 bits per heavy atom. The van der Waals surface area contributed by atoms with Gasteiger partial charge in [-0.05, 0) is 30.3 Å². The Labute approximate surface area is 108 Å². The first-order valence-corrected chi connectivity index (χ1v) is 6.70. The second-order valence-electron chi connectivity index (χ2n) is 3.80. The highest BCUT2D eigenvalue weighted by Gasteiger charge is 2.16. The minimum absolute atomic E-state index is 0.101. The minimum atomic E-state index is -3.96. The van der Waals surface area contributed by atoms with E-state index in [1.54, 1.807) is 0 Å². The Hall–Kier alpha value is -2.15. The van der Waals surface area contributed by atoms with Crippen molar-refractivity contribution in [3.63, 3.8) is 0 Å². The topological polar surface area (TPSA) is 72.2 Å². The van der Waals surface area contributed by atoms with E-state index < -0.39 is 21.7 Å². The van der Waals surface area contributed by atoms with E-state index in [1.165, 1.54) is 24.3 Å². The number of rotatable bonds is 3. The van der Waals surface area contributed by atoms with Crippen molar-refractivity contribution in [3.05, 3.63) is 54.1 Å². The van der Waals surface area contributed by atoms with E-state index in [2.05, 4.69) is 0 Å². The lowest BCUT2D eigenvalue weighted by molar-refractivity contribution is 0.583. The van der Waals surface area contributed by atoms with Crippen LogP contribution >= 0.6 is 0 Å². The average Bonchev–Trinajstić information content (AvgIpc) is 2.33. The molecule has 0 heterocycles. The maximum absolute atomic E-state index is 13.4. The van der Waals surface area contributed by atoms with Gasteiger partial charge in [-0.25, -0.2) is 17.2 Å². The van der Waals surface area contributed by atoms with Crippen LogP contribution in [0.15, 0.2) is 47.4 Å². The smallest absolute Gasteiger partial charge is 0.262 e. The van der Waals surface area contributed by atoms with Gasteiger partial charge in [0.2, 0.25) is 0 Å². The number of hydrogen-bond donors (Lipinski definition) is 2. The van der Waals surface area contributed by atoms with Gasteiger partial charge < -0.3 is 5.73 Å². The van der Waals surface area contributed by atoms with Crippen LogP contribution in [0.5, 0.6) is 0 Å². The number of benzene rings is 2. The molecule has 0 saturated carbocycles. The maximum atomic E-state index is 13.4. The number of nitrogens with one attached hydrogen (secondary N) is 1. The van der Waals surface area contributed by atoms with Crippen molar-refractivity contribution in [2.24, 2.45) is 0 Å². The maximum Gasteiger partial charge on any atom is 0.262 e. The molecule has 0 unspecified atom stereocenters. The van der Waals surface area contributed by atoms with E-state index in [9.17, 15) is 17.2 Å². The highest BCUT2D eigenvalue weighted by atomic mass is 32.2. The van der Waals surface area contributed by atoms with Crippen molar-refractivity contribution >= 4 is 21.4 Å². The predicted molar refractivity (Wildman–Crippen MR) is 68.0 cm³/mol. The van der Waals surface area contributed by atoms with E-state index >= 15 is 0 Å². The highest BCUT2D eigenvalue weighted by Crippen LogP contribution is 2.20. The number of hydrogen-bond acceptors (Lipinski definition) is 3. The molecule has 0 atom stereocenters. The molecular formula is C12H10F2N2O2S. The summed E-state index contributed by atoms with van der Waals surface area (Å²) in [5, 5.41) is 0. The zero-order valence-corrected chi connectivity index (χ0v) is 10.4. The molecule has 0 saturated heterocycles. The Morgan fingerprint density at radius 2 is 1.79 bits per heavy atom. The molecule has 2 aromatic carbocycles. The predicted octanol–water partition coefficient (Wildman–Crippen LogP) is 2.35. The molecule has 100 valence electrons. The molecule has 0 aliphatic rings. The van der Waals surface area contributed by atoms with Gasteiger partial charge in [-0.15, -0.1) is 0 Å². The molecular weight excluding hydrogens is 274 g/mol. The fraction of sp³-hybridized carbons (Fsp3) is 0. The number of anilines is 2. The van der Waals surface area contributed by atoms with Gasteiger partial charge in [-0.2, -0.15) is 0 Å². The molecule has 7 heteroatoms. The Balaban J connectivity index is 2.36. The molecule has 0 fully saturated rings. The van der Waals surface area contributed by atoms with Crippen molar-refractivity contribution in [2.45, 2.75) is 4.90 Å². The van der Waals surface area contributed by atoms with Gasteiger partial charge >= 0.3 is 0 Å². The molecule has 0 bridgehead atoms. The lowest BCUT2D eigenvalue weighted by atomic mass is 10.3. The molecule has 0 aliphatic carbocycles. The van der Waals surface area contributed by atoms with Crippen LogP contribution in [-0.2, 0) is 10.0 Å². The highest BCUT2D eigenvalue weighted by molar-refractivity contribution is 7.92. The molecule has 0 spiro atoms. The number of sulfonamides is 1. The van der Waals surface area contributed by atoms with E-state index in [-0.39, 0.29) is 16.3 Å². The third kappa shape index (κ3) is 3.00.